The molecule has 0 amide bonds. The first-order valence-electron chi connectivity index (χ1n) is 20.2. The first-order valence-corrected chi connectivity index (χ1v) is 21.8. The second-order valence-electron chi connectivity index (χ2n) is 14.7. The van der Waals surface area contributed by atoms with E-state index in [4.69, 9.17) is 4.98 Å². The third kappa shape index (κ3) is 7.46. The van der Waals surface area contributed by atoms with E-state index in [0.29, 0.717) is 0 Å². The Morgan fingerprint density at radius 1 is 0.295 bits per heavy atom. The topological polar surface area (TPSA) is 27.7 Å². The Morgan fingerprint density at radius 3 is 1.18 bits per heavy atom. The smallest absolute Gasteiger partial charge is 0.145 e. The molecule has 0 fully saturated rings. The average molecular weight is 915 g/mol. The molecule has 12 rings (SSSR count). The van der Waals surface area contributed by atoms with Crippen molar-refractivity contribution in [2.24, 2.45) is 0 Å². The van der Waals surface area contributed by atoms with Crippen molar-refractivity contribution in [2.45, 2.75) is 0 Å². The van der Waals surface area contributed by atoms with Gasteiger partial charge in [-0.25, -0.2) is 4.98 Å². The highest BCUT2D eigenvalue weighted by atomic mass is 79.9. The fraction of sp³-hybridized carbons (Fsp3) is 0. The minimum atomic E-state index is 0.958. The van der Waals surface area contributed by atoms with E-state index in [0.717, 1.165) is 37.1 Å². The molecular weight excluding hydrogens is 876 g/mol. The first-order chi connectivity index (χ1) is 30.1. The standard InChI is InChI=1S/C19H13BrN2.C18H12BrN.C18H13N/c20-15-12-10-14(11-13-15)19-21-17-8-4-5-9-18(17)22(19)16-6-2-1-3-7-16;19-13-10-11-18-16(12-13)15-8-4-5-9-17(15)20(18)14-6-2-1-3-7-14;1-2-8-14(9-3-1)19-17-12-6-4-10-15(17)16-11-5-7-13-18(16)19/h1-13H;1-12H;1-13H. The van der Waals surface area contributed by atoms with Crippen LogP contribution in [0, 0.1) is 0 Å². The molecule has 0 atom stereocenters. The van der Waals surface area contributed by atoms with Crippen molar-refractivity contribution in [2.75, 3.05) is 0 Å². The number of halogens is 2. The maximum absolute atomic E-state index is 4.84. The second-order valence-corrected chi connectivity index (χ2v) is 16.5. The number of imidazole rings is 1. The number of hydrogen-bond donors (Lipinski definition) is 0. The largest absolute Gasteiger partial charge is 0.309 e. The zero-order chi connectivity index (χ0) is 41.1. The van der Waals surface area contributed by atoms with E-state index >= 15 is 0 Å². The summed E-state index contributed by atoms with van der Waals surface area (Å²) in [5.74, 6) is 0.958. The lowest BCUT2D eigenvalue weighted by atomic mass is 10.2. The molecule has 0 aliphatic heterocycles. The van der Waals surface area contributed by atoms with Crippen LogP contribution in [-0.2, 0) is 0 Å². The number of benzene rings is 9. The van der Waals surface area contributed by atoms with Gasteiger partial charge in [0.2, 0.25) is 0 Å². The molecule has 0 radical (unpaired) electrons. The van der Waals surface area contributed by atoms with E-state index in [-0.39, 0.29) is 0 Å². The van der Waals surface area contributed by atoms with Gasteiger partial charge in [-0.15, -0.1) is 0 Å². The molecule has 3 aromatic heterocycles. The van der Waals surface area contributed by atoms with Crippen LogP contribution in [0.2, 0.25) is 0 Å². The minimum absolute atomic E-state index is 0.958. The van der Waals surface area contributed by atoms with Crippen molar-refractivity contribution in [3.05, 3.63) is 239 Å². The summed E-state index contributed by atoms with van der Waals surface area (Å²) in [7, 11) is 0. The van der Waals surface area contributed by atoms with Gasteiger partial charge in [-0.3, -0.25) is 4.57 Å². The number of hydrogen-bond acceptors (Lipinski definition) is 1. The van der Waals surface area contributed by atoms with E-state index in [1.54, 1.807) is 0 Å². The predicted octanol–water partition coefficient (Wildman–Crippen LogP) is 15.8. The van der Waals surface area contributed by atoms with Crippen LogP contribution < -0.4 is 0 Å². The summed E-state index contributed by atoms with van der Waals surface area (Å²) in [6.45, 7) is 0. The zero-order valence-electron chi connectivity index (χ0n) is 33.0. The molecule has 0 bridgehead atoms. The summed E-state index contributed by atoms with van der Waals surface area (Å²) in [6.07, 6.45) is 0. The van der Waals surface area contributed by atoms with Crippen LogP contribution in [0.3, 0.4) is 0 Å². The van der Waals surface area contributed by atoms with Crippen molar-refractivity contribution >= 4 is 86.5 Å². The van der Waals surface area contributed by atoms with E-state index in [9.17, 15) is 0 Å². The first kappa shape index (κ1) is 38.2. The molecule has 0 spiro atoms. The van der Waals surface area contributed by atoms with Gasteiger partial charge >= 0.3 is 0 Å². The van der Waals surface area contributed by atoms with Crippen molar-refractivity contribution in [3.63, 3.8) is 0 Å². The molecule has 0 unspecified atom stereocenters. The van der Waals surface area contributed by atoms with Crippen molar-refractivity contribution in [3.8, 4) is 28.5 Å². The SMILES string of the molecule is Brc1ccc(-c2nc3ccccc3n2-c2ccccc2)cc1.Brc1ccc2c(c1)c1ccccc1n2-c1ccccc1.c1ccc(-n2c3ccccc3c3ccccc32)cc1. The summed E-state index contributed by atoms with van der Waals surface area (Å²) in [6, 6.07) is 80.0. The fourth-order valence-electron chi connectivity index (χ4n) is 8.24. The number of fused-ring (bicyclic) bond motifs is 7. The normalized spacial score (nSPS) is 11.1. The number of para-hydroxylation sites is 8. The van der Waals surface area contributed by atoms with Gasteiger partial charge < -0.3 is 9.13 Å². The van der Waals surface area contributed by atoms with Crippen molar-refractivity contribution in [1.82, 2.24) is 18.7 Å². The molecule has 0 aliphatic carbocycles. The highest BCUT2D eigenvalue weighted by Gasteiger charge is 2.15. The molecule has 292 valence electrons. The molecule has 0 saturated heterocycles. The number of rotatable bonds is 4. The lowest BCUT2D eigenvalue weighted by Crippen LogP contribution is -1.97. The van der Waals surface area contributed by atoms with Crippen molar-refractivity contribution < 1.29 is 0 Å². The Balaban J connectivity index is 0.000000110. The van der Waals surface area contributed by atoms with E-state index in [1.807, 2.05) is 30.3 Å². The lowest BCUT2D eigenvalue weighted by Gasteiger charge is -2.09. The molecule has 0 aliphatic rings. The number of aromatic nitrogens is 4. The molecule has 3 heterocycles. The van der Waals surface area contributed by atoms with Crippen LogP contribution in [0.25, 0.3) is 83.1 Å². The van der Waals surface area contributed by atoms with Gasteiger partial charge in [0.1, 0.15) is 5.82 Å². The molecule has 0 saturated carbocycles. The van der Waals surface area contributed by atoms with Crippen molar-refractivity contribution in [1.29, 1.82) is 0 Å². The third-order valence-corrected chi connectivity index (χ3v) is 11.9. The maximum atomic E-state index is 4.84. The second kappa shape index (κ2) is 16.9. The zero-order valence-corrected chi connectivity index (χ0v) is 36.2. The van der Waals surface area contributed by atoms with Gasteiger partial charge in [-0.2, -0.15) is 0 Å². The summed E-state index contributed by atoms with van der Waals surface area (Å²) in [5.41, 5.74) is 11.7. The van der Waals surface area contributed by atoms with Gasteiger partial charge in [-0.1, -0.05) is 165 Å². The highest BCUT2D eigenvalue weighted by Crippen LogP contribution is 2.34. The Morgan fingerprint density at radius 2 is 0.672 bits per heavy atom. The van der Waals surface area contributed by atoms with Crippen LogP contribution in [0.5, 0.6) is 0 Å². The third-order valence-electron chi connectivity index (χ3n) is 10.9. The summed E-state index contributed by atoms with van der Waals surface area (Å²) in [5, 5.41) is 5.18. The van der Waals surface area contributed by atoms with Gasteiger partial charge in [-0.05, 0) is 97.1 Å². The van der Waals surface area contributed by atoms with E-state index in [2.05, 4.69) is 246 Å². The average Bonchev–Trinajstić information content (AvgIpc) is 3.99. The van der Waals surface area contributed by atoms with Crippen LogP contribution in [0.15, 0.2) is 239 Å². The molecule has 9 aromatic carbocycles. The van der Waals surface area contributed by atoms with Gasteiger partial charge in [0.15, 0.2) is 0 Å². The molecule has 4 nitrogen and oxygen atoms in total. The highest BCUT2D eigenvalue weighted by molar-refractivity contribution is 9.10. The molecular formula is C55H38Br2N4. The molecule has 61 heavy (non-hydrogen) atoms. The molecule has 12 aromatic rings. The summed E-state index contributed by atoms with van der Waals surface area (Å²) >= 11 is 7.06. The Hall–Kier alpha value is -6.99. The van der Waals surface area contributed by atoms with Crippen LogP contribution in [-0.4, -0.2) is 18.7 Å². The van der Waals surface area contributed by atoms with E-state index < -0.39 is 0 Å². The summed E-state index contributed by atoms with van der Waals surface area (Å²) in [4.78, 5) is 4.84. The van der Waals surface area contributed by atoms with Gasteiger partial charge in [0.05, 0.1) is 33.1 Å². The Labute approximate surface area is 370 Å². The van der Waals surface area contributed by atoms with Gasteiger partial charge in [0, 0.05) is 53.1 Å². The van der Waals surface area contributed by atoms with Crippen LogP contribution >= 0.6 is 31.9 Å². The molecule has 6 heteroatoms. The Kier molecular flexibility index (Phi) is 10.6. The quantitative estimate of drug-likeness (QED) is 0.173. The Bertz CT molecular complexity index is 3370. The fourth-order valence-corrected chi connectivity index (χ4v) is 8.86. The lowest BCUT2D eigenvalue weighted by molar-refractivity contribution is 1.10. The minimum Gasteiger partial charge on any atom is -0.309 e. The molecule has 0 N–H and O–H groups in total. The predicted molar refractivity (Wildman–Crippen MR) is 263 cm³/mol. The number of nitrogens with zero attached hydrogens (tertiary/aromatic N) is 4. The van der Waals surface area contributed by atoms with Gasteiger partial charge in [0.25, 0.3) is 0 Å². The van der Waals surface area contributed by atoms with Crippen LogP contribution in [0.4, 0.5) is 0 Å². The van der Waals surface area contributed by atoms with Crippen LogP contribution in [0.1, 0.15) is 0 Å². The monoisotopic (exact) mass is 912 g/mol. The van der Waals surface area contributed by atoms with E-state index in [1.165, 1.54) is 55.0 Å². The maximum Gasteiger partial charge on any atom is 0.145 e. The summed E-state index contributed by atoms with van der Waals surface area (Å²) < 4.78 is 9.03.